The van der Waals surface area contributed by atoms with Crippen LogP contribution in [0.5, 0.6) is 0 Å². The van der Waals surface area contributed by atoms with Crippen LogP contribution in [0.25, 0.3) is 27.7 Å². The molecule has 1 aromatic heterocycles. The van der Waals surface area contributed by atoms with Gasteiger partial charge in [-0.3, -0.25) is 9.52 Å². The van der Waals surface area contributed by atoms with Crippen molar-refractivity contribution in [2.45, 2.75) is 0 Å². The predicted molar refractivity (Wildman–Crippen MR) is 116 cm³/mol. The summed E-state index contributed by atoms with van der Waals surface area (Å²) in [6.45, 7) is 0. The highest BCUT2D eigenvalue weighted by atomic mass is 32.2. The van der Waals surface area contributed by atoms with Gasteiger partial charge in [0.25, 0.3) is 5.91 Å². The molecule has 3 aromatic carbocycles. The first-order chi connectivity index (χ1) is 15.0. The number of rotatable bonds is 5. The monoisotopic (exact) mass is 459 g/mol. The van der Waals surface area contributed by atoms with E-state index in [0.29, 0.717) is 17.0 Å². The molecule has 0 fully saturated rings. The number of nitrogens with zero attached hydrogens (tertiary/aromatic N) is 1. The number of primary amides is 1. The topological polar surface area (TPSA) is 94.2 Å². The maximum atomic E-state index is 14.5. The largest absolute Gasteiger partial charge is 0.364 e. The maximum absolute atomic E-state index is 14.5. The van der Waals surface area contributed by atoms with Crippen molar-refractivity contribution in [3.8, 4) is 16.8 Å². The van der Waals surface area contributed by atoms with Crippen molar-refractivity contribution in [3.05, 3.63) is 83.8 Å². The van der Waals surface area contributed by atoms with E-state index in [9.17, 15) is 26.4 Å². The molecule has 0 bridgehead atoms. The molecule has 6 nitrogen and oxygen atoms in total. The first-order valence-corrected chi connectivity index (χ1v) is 11.1. The Kier molecular flexibility index (Phi) is 5.17. The van der Waals surface area contributed by atoms with Gasteiger partial charge in [0, 0.05) is 22.7 Å². The van der Waals surface area contributed by atoms with Crippen molar-refractivity contribution in [2.75, 3.05) is 11.0 Å². The molecule has 0 aliphatic rings. The third kappa shape index (κ3) is 4.17. The van der Waals surface area contributed by atoms with Crippen LogP contribution in [0.1, 0.15) is 10.5 Å². The number of carbonyl (C=O) groups excluding carboxylic acids is 1. The number of hydrogen-bond donors (Lipinski definition) is 2. The lowest BCUT2D eigenvalue weighted by molar-refractivity contribution is 0.0994. The molecule has 32 heavy (non-hydrogen) atoms. The van der Waals surface area contributed by atoms with Gasteiger partial charge in [-0.05, 0) is 54.1 Å². The fraction of sp³-hybridized carbons (Fsp3) is 0.0455. The lowest BCUT2D eigenvalue weighted by Gasteiger charge is -2.13. The molecule has 0 aliphatic carbocycles. The molecule has 10 heteroatoms. The smallest absolute Gasteiger partial charge is 0.265 e. The quantitative estimate of drug-likeness (QED) is 0.469. The van der Waals surface area contributed by atoms with Gasteiger partial charge in [0.1, 0.15) is 23.1 Å². The number of sulfonamides is 1. The molecule has 1 heterocycles. The zero-order chi connectivity index (χ0) is 23.2. The molecule has 0 unspecified atom stereocenters. The van der Waals surface area contributed by atoms with Gasteiger partial charge in [-0.2, -0.15) is 0 Å². The van der Waals surface area contributed by atoms with Crippen LogP contribution < -0.4 is 10.5 Å². The summed E-state index contributed by atoms with van der Waals surface area (Å²) in [6.07, 6.45) is 0.987. The molecule has 3 N–H and O–H groups in total. The van der Waals surface area contributed by atoms with Crippen LogP contribution in [-0.2, 0) is 10.0 Å². The van der Waals surface area contributed by atoms with Crippen LogP contribution in [-0.4, -0.2) is 25.1 Å². The maximum Gasteiger partial charge on any atom is 0.265 e. The first-order valence-electron chi connectivity index (χ1n) is 9.21. The molecule has 1 amide bonds. The normalized spacial score (nSPS) is 11.6. The number of fused-ring (bicyclic) bond motifs is 1. The van der Waals surface area contributed by atoms with Gasteiger partial charge in [0.2, 0.25) is 10.0 Å². The molecular weight excluding hydrogens is 443 g/mol. The van der Waals surface area contributed by atoms with Crippen molar-refractivity contribution in [1.82, 2.24) is 4.57 Å². The fourth-order valence-electron chi connectivity index (χ4n) is 3.52. The van der Waals surface area contributed by atoms with E-state index in [2.05, 4.69) is 4.72 Å². The number of aromatic nitrogens is 1. The van der Waals surface area contributed by atoms with Gasteiger partial charge in [0.15, 0.2) is 0 Å². The first kappa shape index (κ1) is 21.4. The van der Waals surface area contributed by atoms with Crippen LogP contribution in [0.15, 0.2) is 60.7 Å². The molecule has 4 aromatic rings. The van der Waals surface area contributed by atoms with Gasteiger partial charge < -0.3 is 10.3 Å². The zero-order valence-corrected chi connectivity index (χ0v) is 17.4. The van der Waals surface area contributed by atoms with E-state index < -0.39 is 33.4 Å². The van der Waals surface area contributed by atoms with Gasteiger partial charge >= 0.3 is 0 Å². The van der Waals surface area contributed by atoms with Crippen molar-refractivity contribution >= 4 is 32.5 Å². The Balaban J connectivity index is 1.97. The Morgan fingerprint density at radius 1 is 0.938 bits per heavy atom. The molecule has 164 valence electrons. The molecule has 4 rings (SSSR count). The van der Waals surface area contributed by atoms with E-state index in [-0.39, 0.29) is 28.2 Å². The average Bonchev–Trinajstić information content (AvgIpc) is 3.05. The minimum Gasteiger partial charge on any atom is -0.364 e. The second-order valence-electron chi connectivity index (χ2n) is 7.20. The second kappa shape index (κ2) is 7.72. The van der Waals surface area contributed by atoms with Gasteiger partial charge in [-0.25, -0.2) is 21.6 Å². The molecule has 0 spiro atoms. The predicted octanol–water partition coefficient (Wildman–Crippen LogP) is 4.19. The summed E-state index contributed by atoms with van der Waals surface area (Å²) < 4.78 is 69.0. The minimum absolute atomic E-state index is 0.00707. The zero-order valence-electron chi connectivity index (χ0n) is 16.6. The van der Waals surface area contributed by atoms with E-state index in [0.717, 1.165) is 24.5 Å². The summed E-state index contributed by atoms with van der Waals surface area (Å²) >= 11 is 0. The molecule has 0 radical (unpaired) electrons. The van der Waals surface area contributed by atoms with E-state index >= 15 is 0 Å². The number of halogens is 3. The van der Waals surface area contributed by atoms with Crippen molar-refractivity contribution in [1.29, 1.82) is 0 Å². The number of anilines is 1. The Morgan fingerprint density at radius 3 is 2.34 bits per heavy atom. The third-order valence-corrected chi connectivity index (χ3v) is 5.35. The Bertz CT molecular complexity index is 1500. The number of nitrogens with two attached hydrogens (primary N) is 1. The van der Waals surface area contributed by atoms with Crippen LogP contribution in [0, 0.1) is 17.5 Å². The third-order valence-electron chi connectivity index (χ3n) is 4.74. The lowest BCUT2D eigenvalue weighted by Crippen LogP contribution is -2.16. The van der Waals surface area contributed by atoms with Crippen LogP contribution >= 0.6 is 0 Å². The SMILES string of the molecule is CS(=O)(=O)Nc1ccc2cc(C(N)=O)n(-c3cc(F)cc(-c4ccc(F)cc4F)c3)c2c1. The standard InChI is InChI=1S/C22H16F3N3O3S/c1-32(30,31)27-16-4-2-12-8-21(22(26)29)28(20(12)11-16)17-7-13(6-15(24)9-17)18-5-3-14(23)10-19(18)25/h2-11,27H,1H3,(H2,26,29). The van der Waals surface area contributed by atoms with Crippen LogP contribution in [0.3, 0.4) is 0 Å². The summed E-state index contributed by atoms with van der Waals surface area (Å²) in [4.78, 5) is 12.1. The lowest BCUT2D eigenvalue weighted by atomic mass is 10.0. The molecule has 0 aliphatic heterocycles. The van der Waals surface area contributed by atoms with E-state index in [4.69, 9.17) is 5.73 Å². The second-order valence-corrected chi connectivity index (χ2v) is 8.95. The van der Waals surface area contributed by atoms with E-state index in [1.807, 2.05) is 0 Å². The minimum atomic E-state index is -3.57. The van der Waals surface area contributed by atoms with Gasteiger partial charge in [-0.15, -0.1) is 0 Å². The number of carbonyl (C=O) groups is 1. The number of benzene rings is 3. The van der Waals surface area contributed by atoms with Crippen molar-refractivity contribution in [2.24, 2.45) is 5.73 Å². The van der Waals surface area contributed by atoms with Gasteiger partial charge in [-0.1, -0.05) is 6.07 Å². The number of nitrogens with one attached hydrogen (secondary N) is 1. The number of amides is 1. The highest BCUT2D eigenvalue weighted by Crippen LogP contribution is 2.31. The van der Waals surface area contributed by atoms with Crippen molar-refractivity contribution in [3.63, 3.8) is 0 Å². The average molecular weight is 459 g/mol. The van der Waals surface area contributed by atoms with Crippen LogP contribution in [0.2, 0.25) is 0 Å². The van der Waals surface area contributed by atoms with E-state index in [1.54, 1.807) is 6.07 Å². The molecule has 0 saturated heterocycles. The Morgan fingerprint density at radius 2 is 1.69 bits per heavy atom. The van der Waals surface area contributed by atoms with Crippen molar-refractivity contribution < 1.29 is 26.4 Å². The highest BCUT2D eigenvalue weighted by Gasteiger charge is 2.18. The Labute approximate surface area is 181 Å². The van der Waals surface area contributed by atoms with E-state index in [1.165, 1.54) is 34.9 Å². The summed E-state index contributed by atoms with van der Waals surface area (Å²) in [7, 11) is -3.57. The summed E-state index contributed by atoms with van der Waals surface area (Å²) in [6, 6.07) is 12.5. The van der Waals surface area contributed by atoms with Crippen LogP contribution in [0.4, 0.5) is 18.9 Å². The highest BCUT2D eigenvalue weighted by molar-refractivity contribution is 7.92. The van der Waals surface area contributed by atoms with Gasteiger partial charge in [0.05, 0.1) is 17.5 Å². The summed E-state index contributed by atoms with van der Waals surface area (Å²) in [5.41, 5.74) is 6.32. The summed E-state index contributed by atoms with van der Waals surface area (Å²) in [5, 5.41) is 0.539. The fourth-order valence-corrected chi connectivity index (χ4v) is 4.08. The Hall–Kier alpha value is -3.79. The summed E-state index contributed by atoms with van der Waals surface area (Å²) in [5.74, 6) is -3.20. The molecule has 0 saturated carbocycles. The molecular formula is C22H16F3N3O3S. The molecule has 0 atom stereocenters. The number of hydrogen-bond acceptors (Lipinski definition) is 3.